The Labute approximate surface area is 138 Å². The van der Waals surface area contributed by atoms with Crippen LogP contribution in [0.3, 0.4) is 0 Å². The first-order valence-corrected chi connectivity index (χ1v) is 8.07. The fourth-order valence-corrected chi connectivity index (χ4v) is 3.53. The van der Waals surface area contributed by atoms with Crippen LogP contribution in [0, 0.1) is 18.8 Å². The van der Waals surface area contributed by atoms with Gasteiger partial charge in [-0.25, -0.2) is 9.78 Å². The Morgan fingerprint density at radius 1 is 1.39 bits per heavy atom. The number of pyridine rings is 1. The van der Waals surface area contributed by atoms with Crippen molar-refractivity contribution in [1.82, 2.24) is 14.8 Å². The van der Waals surface area contributed by atoms with Crippen LogP contribution in [0.2, 0.25) is 5.15 Å². The van der Waals surface area contributed by atoms with Crippen molar-refractivity contribution in [3.05, 3.63) is 40.3 Å². The highest BCUT2D eigenvalue weighted by molar-refractivity contribution is 6.32. The third-order valence-corrected chi connectivity index (χ3v) is 5.04. The van der Waals surface area contributed by atoms with Crippen LogP contribution in [0.25, 0.3) is 0 Å². The Hall–Kier alpha value is -2.08. The van der Waals surface area contributed by atoms with Crippen molar-refractivity contribution >= 4 is 23.4 Å². The van der Waals surface area contributed by atoms with Crippen LogP contribution in [-0.4, -0.2) is 38.9 Å². The molecule has 2 fully saturated rings. The van der Waals surface area contributed by atoms with Gasteiger partial charge in [-0.1, -0.05) is 17.7 Å². The number of aromatic carboxylic acids is 1. The molecule has 1 N–H and O–H groups in total. The summed E-state index contributed by atoms with van der Waals surface area (Å²) in [5, 5.41) is 13.1. The van der Waals surface area contributed by atoms with E-state index < -0.39 is 5.97 Å². The molecule has 1 aliphatic carbocycles. The van der Waals surface area contributed by atoms with Crippen molar-refractivity contribution in [2.75, 3.05) is 18.0 Å². The van der Waals surface area contributed by atoms with E-state index in [2.05, 4.69) is 10.00 Å². The van der Waals surface area contributed by atoms with Crippen LogP contribution in [0.1, 0.15) is 28.0 Å². The van der Waals surface area contributed by atoms with Gasteiger partial charge in [-0.3, -0.25) is 4.68 Å². The third-order valence-electron chi connectivity index (χ3n) is 4.76. The minimum atomic E-state index is -1.07. The number of nitrogens with zero attached hydrogens (tertiary/aromatic N) is 4. The normalized spacial score (nSPS) is 22.3. The first-order chi connectivity index (χ1) is 11.0. The van der Waals surface area contributed by atoms with E-state index in [0.717, 1.165) is 42.0 Å². The van der Waals surface area contributed by atoms with Crippen LogP contribution in [-0.2, 0) is 6.54 Å². The molecule has 2 aromatic heterocycles. The maximum atomic E-state index is 11.0. The lowest BCUT2D eigenvalue weighted by Gasteiger charge is -2.20. The summed E-state index contributed by atoms with van der Waals surface area (Å²) in [5.74, 6) is 1.71. The van der Waals surface area contributed by atoms with Gasteiger partial charge < -0.3 is 10.0 Å². The van der Waals surface area contributed by atoms with Gasteiger partial charge in [0.2, 0.25) is 0 Å². The molecule has 23 heavy (non-hydrogen) atoms. The minimum Gasteiger partial charge on any atom is -0.478 e. The average molecular weight is 333 g/mol. The van der Waals surface area contributed by atoms with Gasteiger partial charge in [-0.2, -0.15) is 5.10 Å². The highest BCUT2D eigenvalue weighted by Crippen LogP contribution is 2.45. The topological polar surface area (TPSA) is 71.2 Å². The van der Waals surface area contributed by atoms with E-state index >= 15 is 0 Å². The zero-order valence-corrected chi connectivity index (χ0v) is 13.5. The summed E-state index contributed by atoms with van der Waals surface area (Å²) in [6.45, 7) is 4.66. The van der Waals surface area contributed by atoms with E-state index in [1.165, 1.54) is 12.6 Å². The molecule has 0 spiro atoms. The molecule has 0 aromatic carbocycles. The Morgan fingerprint density at radius 3 is 2.74 bits per heavy atom. The molecule has 6 nitrogen and oxygen atoms in total. The largest absolute Gasteiger partial charge is 0.478 e. The molecule has 2 aliphatic rings. The predicted octanol–water partition coefficient (Wildman–Crippen LogP) is 2.44. The predicted molar refractivity (Wildman–Crippen MR) is 86.1 cm³/mol. The summed E-state index contributed by atoms with van der Waals surface area (Å²) >= 11 is 5.84. The molecule has 2 unspecified atom stereocenters. The molecule has 0 amide bonds. The SMILES string of the molecule is Cc1nc(N2CC3CC3C2)ccc1Cn1cc(C(=O)O)c(Cl)n1. The van der Waals surface area contributed by atoms with Crippen LogP contribution in [0.5, 0.6) is 0 Å². The lowest BCUT2D eigenvalue weighted by atomic mass is 10.2. The Bertz CT molecular complexity index is 778. The van der Waals surface area contributed by atoms with Gasteiger partial charge >= 0.3 is 5.97 Å². The van der Waals surface area contributed by atoms with Gasteiger partial charge in [0.05, 0.1) is 6.54 Å². The number of piperidine rings is 1. The average Bonchev–Trinajstić information content (AvgIpc) is 2.93. The monoisotopic (exact) mass is 332 g/mol. The molecule has 4 rings (SSSR count). The first kappa shape index (κ1) is 14.5. The number of carbonyl (C=O) groups is 1. The fourth-order valence-electron chi connectivity index (χ4n) is 3.30. The minimum absolute atomic E-state index is 0.0102. The summed E-state index contributed by atoms with van der Waals surface area (Å²) in [5.41, 5.74) is 1.96. The van der Waals surface area contributed by atoms with Crippen LogP contribution >= 0.6 is 11.6 Å². The van der Waals surface area contributed by atoms with Crippen LogP contribution < -0.4 is 4.90 Å². The number of aryl methyl sites for hydroxylation is 1. The van der Waals surface area contributed by atoms with E-state index in [9.17, 15) is 4.79 Å². The molecule has 0 radical (unpaired) electrons. The second-order valence-electron chi connectivity index (χ2n) is 6.41. The Kier molecular flexibility index (Phi) is 3.30. The molecular weight excluding hydrogens is 316 g/mol. The summed E-state index contributed by atoms with van der Waals surface area (Å²) < 4.78 is 1.54. The number of fused-ring (bicyclic) bond motifs is 1. The van der Waals surface area contributed by atoms with Gasteiger partial charge in [0.15, 0.2) is 5.15 Å². The molecule has 1 aliphatic heterocycles. The smallest absolute Gasteiger partial charge is 0.340 e. The molecule has 2 aromatic rings. The summed E-state index contributed by atoms with van der Waals surface area (Å²) in [6, 6.07) is 4.08. The molecule has 1 saturated heterocycles. The Balaban J connectivity index is 1.53. The zero-order chi connectivity index (χ0) is 16.1. The second-order valence-corrected chi connectivity index (χ2v) is 6.77. The number of carboxylic acid groups (broad SMARTS) is 1. The first-order valence-electron chi connectivity index (χ1n) is 7.69. The lowest BCUT2D eigenvalue weighted by Crippen LogP contribution is -2.23. The maximum absolute atomic E-state index is 11.0. The van der Waals surface area contributed by atoms with E-state index in [1.54, 1.807) is 4.68 Å². The van der Waals surface area contributed by atoms with E-state index in [1.807, 2.05) is 19.1 Å². The summed E-state index contributed by atoms with van der Waals surface area (Å²) in [7, 11) is 0. The number of rotatable bonds is 4. The third kappa shape index (κ3) is 2.67. The summed E-state index contributed by atoms with van der Waals surface area (Å²) in [4.78, 5) is 18.1. The fraction of sp³-hybridized carbons (Fsp3) is 0.438. The van der Waals surface area contributed by atoms with Crippen molar-refractivity contribution in [3.8, 4) is 0 Å². The van der Waals surface area contributed by atoms with Gasteiger partial charge in [0.1, 0.15) is 11.4 Å². The Morgan fingerprint density at radius 2 is 2.13 bits per heavy atom. The van der Waals surface area contributed by atoms with Crippen LogP contribution in [0.4, 0.5) is 5.82 Å². The van der Waals surface area contributed by atoms with Gasteiger partial charge in [-0.05, 0) is 36.8 Å². The lowest BCUT2D eigenvalue weighted by molar-refractivity contribution is 0.0697. The molecule has 1 saturated carbocycles. The number of anilines is 1. The number of halogens is 1. The molecule has 7 heteroatoms. The highest BCUT2D eigenvalue weighted by Gasteiger charge is 2.45. The number of carboxylic acids is 1. The van der Waals surface area contributed by atoms with Crippen molar-refractivity contribution in [2.45, 2.75) is 19.9 Å². The quantitative estimate of drug-likeness (QED) is 0.931. The maximum Gasteiger partial charge on any atom is 0.340 e. The molecule has 120 valence electrons. The van der Waals surface area contributed by atoms with E-state index in [4.69, 9.17) is 21.7 Å². The van der Waals surface area contributed by atoms with Crippen molar-refractivity contribution in [1.29, 1.82) is 0 Å². The zero-order valence-electron chi connectivity index (χ0n) is 12.7. The molecule has 0 bridgehead atoms. The molecule has 3 heterocycles. The number of hydrogen-bond donors (Lipinski definition) is 1. The number of aromatic nitrogens is 3. The van der Waals surface area contributed by atoms with E-state index in [-0.39, 0.29) is 10.7 Å². The standard InChI is InChI=1S/C16H17ClN4O2/c1-9-10(7-21-8-13(16(22)23)15(17)19-21)2-3-14(18-9)20-5-11-4-12(11)6-20/h2-3,8,11-12H,4-7H2,1H3,(H,22,23). The van der Waals surface area contributed by atoms with Crippen molar-refractivity contribution < 1.29 is 9.90 Å². The number of hydrogen-bond acceptors (Lipinski definition) is 4. The van der Waals surface area contributed by atoms with Crippen molar-refractivity contribution in [2.24, 2.45) is 11.8 Å². The van der Waals surface area contributed by atoms with Crippen molar-refractivity contribution in [3.63, 3.8) is 0 Å². The summed E-state index contributed by atoms with van der Waals surface area (Å²) in [6.07, 6.45) is 2.82. The van der Waals surface area contributed by atoms with Gasteiger partial charge in [0.25, 0.3) is 0 Å². The molecular formula is C16H17ClN4O2. The van der Waals surface area contributed by atoms with Gasteiger partial charge in [-0.15, -0.1) is 0 Å². The van der Waals surface area contributed by atoms with E-state index in [0.29, 0.717) is 6.54 Å². The second kappa shape index (κ2) is 5.23. The van der Waals surface area contributed by atoms with Crippen LogP contribution in [0.15, 0.2) is 18.3 Å². The molecule has 2 atom stereocenters. The highest BCUT2D eigenvalue weighted by atomic mass is 35.5. The van der Waals surface area contributed by atoms with Gasteiger partial charge in [0, 0.05) is 25.0 Å².